The number of thiophene rings is 1. The molecule has 1 aliphatic rings. The summed E-state index contributed by atoms with van der Waals surface area (Å²) in [5.74, 6) is -1.67. The van der Waals surface area contributed by atoms with E-state index in [1.165, 1.54) is 28.4 Å². The molecule has 8 heteroatoms. The molecule has 0 bridgehead atoms. The second kappa shape index (κ2) is 8.12. The molecule has 2 N–H and O–H groups in total. The van der Waals surface area contributed by atoms with Crippen molar-refractivity contribution in [3.63, 3.8) is 0 Å². The average molecular weight is 408 g/mol. The highest BCUT2D eigenvalue weighted by atomic mass is 35.5. The van der Waals surface area contributed by atoms with Gasteiger partial charge in [-0.15, -0.1) is 11.3 Å². The van der Waals surface area contributed by atoms with Gasteiger partial charge < -0.3 is 19.8 Å². The zero-order chi connectivity index (χ0) is 19.6. The van der Waals surface area contributed by atoms with Crippen LogP contribution in [0.15, 0.2) is 47.0 Å². The smallest absolute Gasteiger partial charge is 0.290 e. The Kier molecular flexibility index (Phi) is 5.84. The van der Waals surface area contributed by atoms with Crippen molar-refractivity contribution in [2.45, 2.75) is 12.5 Å². The molecule has 0 fully saturated rings. The molecule has 0 radical (unpaired) electrons. The number of ketones is 1. The molecular weight excluding hydrogens is 390 g/mol. The van der Waals surface area contributed by atoms with Gasteiger partial charge in [0.2, 0.25) is 5.78 Å². The van der Waals surface area contributed by atoms with Crippen molar-refractivity contribution in [1.29, 1.82) is 0 Å². The van der Waals surface area contributed by atoms with E-state index in [1.807, 2.05) is 0 Å². The standard InChI is InChI=1S/C19H18ClNO5S/c1-26-8-3-7-21-16(11-5-6-13(22)12(20)10-11)15(18(24)19(21)25)17(23)14-4-2-9-27-14/h2,4-6,9-10,16,22,24H,3,7-8H2,1H3. The van der Waals surface area contributed by atoms with E-state index >= 15 is 0 Å². The summed E-state index contributed by atoms with van der Waals surface area (Å²) in [6.07, 6.45) is 0.540. The lowest BCUT2D eigenvalue weighted by molar-refractivity contribution is -0.129. The van der Waals surface area contributed by atoms with Gasteiger partial charge in [0, 0.05) is 20.3 Å². The summed E-state index contributed by atoms with van der Waals surface area (Å²) in [4.78, 5) is 27.5. The first-order valence-corrected chi connectivity index (χ1v) is 9.51. The number of hydrogen-bond donors (Lipinski definition) is 2. The van der Waals surface area contributed by atoms with E-state index in [0.717, 1.165) is 0 Å². The normalized spacial score (nSPS) is 17.0. The number of benzene rings is 1. The third kappa shape index (κ3) is 3.71. The molecule has 0 spiro atoms. The Bertz CT molecular complexity index is 894. The molecule has 0 saturated heterocycles. The Balaban J connectivity index is 2.05. The summed E-state index contributed by atoms with van der Waals surface area (Å²) in [5, 5.41) is 22.0. The molecule has 142 valence electrons. The topological polar surface area (TPSA) is 87.1 Å². The number of phenols is 1. The van der Waals surface area contributed by atoms with Gasteiger partial charge >= 0.3 is 0 Å². The minimum atomic E-state index is -0.790. The first kappa shape index (κ1) is 19.4. The molecule has 1 aromatic heterocycles. The van der Waals surface area contributed by atoms with Crippen LogP contribution in [0, 0.1) is 0 Å². The van der Waals surface area contributed by atoms with Gasteiger partial charge in [-0.1, -0.05) is 23.7 Å². The number of halogens is 1. The number of carbonyl (C=O) groups excluding carboxylic acids is 2. The van der Waals surface area contributed by atoms with Gasteiger partial charge in [-0.2, -0.15) is 0 Å². The molecule has 1 unspecified atom stereocenters. The van der Waals surface area contributed by atoms with E-state index in [9.17, 15) is 19.8 Å². The van der Waals surface area contributed by atoms with Crippen molar-refractivity contribution in [3.8, 4) is 5.75 Å². The van der Waals surface area contributed by atoms with Gasteiger partial charge in [0.1, 0.15) is 5.75 Å². The van der Waals surface area contributed by atoms with E-state index < -0.39 is 23.5 Å². The Morgan fingerprint density at radius 3 is 2.74 bits per heavy atom. The molecule has 3 rings (SSSR count). The van der Waals surface area contributed by atoms with Crippen LogP contribution in [-0.4, -0.2) is 47.1 Å². The number of carbonyl (C=O) groups is 2. The highest BCUT2D eigenvalue weighted by Crippen LogP contribution is 2.41. The fourth-order valence-corrected chi connectivity index (χ4v) is 3.94. The molecule has 2 heterocycles. The maximum Gasteiger partial charge on any atom is 0.290 e. The maximum atomic E-state index is 13.0. The number of aliphatic hydroxyl groups is 1. The summed E-state index contributed by atoms with van der Waals surface area (Å²) in [6, 6.07) is 7.07. The third-order valence-electron chi connectivity index (χ3n) is 4.33. The third-order valence-corrected chi connectivity index (χ3v) is 5.50. The molecule has 1 atom stereocenters. The quantitative estimate of drug-likeness (QED) is 0.539. The zero-order valence-corrected chi connectivity index (χ0v) is 16.1. The molecule has 1 amide bonds. The molecule has 27 heavy (non-hydrogen) atoms. The molecule has 1 aromatic carbocycles. The van der Waals surface area contributed by atoms with Gasteiger partial charge in [0.05, 0.1) is 21.5 Å². The largest absolute Gasteiger partial charge is 0.506 e. The van der Waals surface area contributed by atoms with Crippen LogP contribution in [0.1, 0.15) is 27.7 Å². The molecule has 6 nitrogen and oxygen atoms in total. The summed E-state index contributed by atoms with van der Waals surface area (Å²) in [5.41, 5.74) is 0.550. The van der Waals surface area contributed by atoms with Crippen molar-refractivity contribution in [2.24, 2.45) is 0 Å². The van der Waals surface area contributed by atoms with Crippen LogP contribution in [0.3, 0.4) is 0 Å². The number of amides is 1. The summed E-state index contributed by atoms with van der Waals surface area (Å²) in [6.45, 7) is 0.725. The number of ether oxygens (including phenoxy) is 1. The van der Waals surface area contributed by atoms with Crippen molar-refractivity contribution >= 4 is 34.6 Å². The minimum absolute atomic E-state index is 0.0154. The number of rotatable bonds is 7. The van der Waals surface area contributed by atoms with Crippen LogP contribution in [-0.2, 0) is 9.53 Å². The summed E-state index contributed by atoms with van der Waals surface area (Å²) < 4.78 is 5.04. The van der Waals surface area contributed by atoms with Gasteiger partial charge in [-0.25, -0.2) is 0 Å². The SMILES string of the molecule is COCCCN1C(=O)C(O)=C(C(=O)c2cccs2)C1c1ccc(O)c(Cl)c1. The molecule has 2 aromatic rings. The highest BCUT2D eigenvalue weighted by Gasteiger charge is 2.43. The molecule has 1 aliphatic heterocycles. The van der Waals surface area contributed by atoms with Crippen molar-refractivity contribution in [1.82, 2.24) is 4.90 Å². The first-order valence-electron chi connectivity index (χ1n) is 8.25. The van der Waals surface area contributed by atoms with E-state index in [4.69, 9.17) is 16.3 Å². The van der Waals surface area contributed by atoms with Crippen molar-refractivity contribution in [3.05, 3.63) is 62.5 Å². The van der Waals surface area contributed by atoms with Gasteiger partial charge in [0.25, 0.3) is 5.91 Å². The second-order valence-corrected chi connectivity index (χ2v) is 7.38. The Hall–Kier alpha value is -2.35. The average Bonchev–Trinajstić information content (AvgIpc) is 3.26. The number of aromatic hydroxyl groups is 1. The summed E-state index contributed by atoms with van der Waals surface area (Å²) >= 11 is 7.27. The predicted octanol–water partition coefficient (Wildman–Crippen LogP) is 3.72. The fourth-order valence-electron chi connectivity index (χ4n) is 3.08. The van der Waals surface area contributed by atoms with Crippen LogP contribution in [0.25, 0.3) is 0 Å². The number of methoxy groups -OCH3 is 1. The van der Waals surface area contributed by atoms with E-state index in [1.54, 1.807) is 30.7 Å². The number of Topliss-reactive ketones (excluding diaryl/α,β-unsaturated/α-hetero) is 1. The van der Waals surface area contributed by atoms with Crippen LogP contribution in [0.2, 0.25) is 5.02 Å². The van der Waals surface area contributed by atoms with Crippen molar-refractivity contribution in [2.75, 3.05) is 20.3 Å². The Labute approximate surface area is 165 Å². The van der Waals surface area contributed by atoms with Crippen LogP contribution < -0.4 is 0 Å². The lowest BCUT2D eigenvalue weighted by atomic mass is 9.95. The monoisotopic (exact) mass is 407 g/mol. The number of nitrogens with zero attached hydrogens (tertiary/aromatic N) is 1. The summed E-state index contributed by atoms with van der Waals surface area (Å²) in [7, 11) is 1.56. The number of aliphatic hydroxyl groups excluding tert-OH is 1. The lowest BCUT2D eigenvalue weighted by Gasteiger charge is -2.27. The Morgan fingerprint density at radius 1 is 1.33 bits per heavy atom. The van der Waals surface area contributed by atoms with Gasteiger partial charge in [0.15, 0.2) is 5.76 Å². The minimum Gasteiger partial charge on any atom is -0.506 e. The van der Waals surface area contributed by atoms with Gasteiger partial charge in [-0.05, 0) is 35.6 Å². The second-order valence-electron chi connectivity index (χ2n) is 6.03. The number of hydrogen-bond acceptors (Lipinski definition) is 6. The van der Waals surface area contributed by atoms with Crippen LogP contribution in [0.5, 0.6) is 5.75 Å². The highest BCUT2D eigenvalue weighted by molar-refractivity contribution is 7.12. The van der Waals surface area contributed by atoms with E-state index in [2.05, 4.69) is 0 Å². The molecule has 0 saturated carbocycles. The van der Waals surface area contributed by atoms with Crippen LogP contribution >= 0.6 is 22.9 Å². The zero-order valence-electron chi connectivity index (χ0n) is 14.5. The number of phenolic OH excluding ortho intramolecular Hbond substituents is 1. The molecule has 0 aliphatic carbocycles. The van der Waals surface area contributed by atoms with Crippen LogP contribution in [0.4, 0.5) is 0 Å². The Morgan fingerprint density at radius 2 is 2.11 bits per heavy atom. The fraction of sp³-hybridized carbons (Fsp3) is 0.263. The van der Waals surface area contributed by atoms with Crippen molar-refractivity contribution < 1.29 is 24.5 Å². The van der Waals surface area contributed by atoms with E-state index in [0.29, 0.717) is 30.0 Å². The predicted molar refractivity (Wildman–Crippen MR) is 102 cm³/mol. The lowest BCUT2D eigenvalue weighted by Crippen LogP contribution is -2.32. The van der Waals surface area contributed by atoms with Gasteiger partial charge in [-0.3, -0.25) is 9.59 Å². The molecular formula is C19H18ClNO5S. The van der Waals surface area contributed by atoms with E-state index in [-0.39, 0.29) is 16.3 Å². The maximum absolute atomic E-state index is 13.0. The first-order chi connectivity index (χ1) is 13.0.